The number of benzene rings is 1. The molecule has 0 spiro atoms. The van der Waals surface area contributed by atoms with Gasteiger partial charge >= 0.3 is 0 Å². The summed E-state index contributed by atoms with van der Waals surface area (Å²) < 4.78 is 1.05. The Bertz CT molecular complexity index is 340. The topological polar surface area (TPSA) is 12.0 Å². The SMILES string of the molecule is CNCC1CC1c1ccc(Br)cc1Cl. The van der Waals surface area contributed by atoms with Crippen molar-refractivity contribution in [3.05, 3.63) is 33.3 Å². The molecule has 14 heavy (non-hydrogen) atoms. The molecule has 1 aliphatic carbocycles. The molecule has 1 aromatic rings. The maximum atomic E-state index is 6.18. The van der Waals surface area contributed by atoms with E-state index in [1.807, 2.05) is 13.1 Å². The van der Waals surface area contributed by atoms with E-state index in [9.17, 15) is 0 Å². The van der Waals surface area contributed by atoms with Crippen LogP contribution in [0.3, 0.4) is 0 Å². The Morgan fingerprint density at radius 3 is 3.00 bits per heavy atom. The molecule has 1 fully saturated rings. The van der Waals surface area contributed by atoms with Gasteiger partial charge in [-0.25, -0.2) is 0 Å². The van der Waals surface area contributed by atoms with Crippen molar-refractivity contribution < 1.29 is 0 Å². The van der Waals surface area contributed by atoms with E-state index >= 15 is 0 Å². The summed E-state index contributed by atoms with van der Waals surface area (Å²) in [4.78, 5) is 0. The van der Waals surface area contributed by atoms with Gasteiger partial charge in [0.15, 0.2) is 0 Å². The van der Waals surface area contributed by atoms with Gasteiger partial charge in [-0.05, 0) is 49.5 Å². The van der Waals surface area contributed by atoms with Crippen LogP contribution >= 0.6 is 27.5 Å². The van der Waals surface area contributed by atoms with Crippen molar-refractivity contribution in [2.45, 2.75) is 12.3 Å². The predicted octanol–water partition coefficient (Wildman–Crippen LogP) is 3.43. The highest BCUT2D eigenvalue weighted by Crippen LogP contribution is 2.49. The van der Waals surface area contributed by atoms with Gasteiger partial charge < -0.3 is 5.32 Å². The predicted molar refractivity (Wildman–Crippen MR) is 63.9 cm³/mol. The van der Waals surface area contributed by atoms with E-state index in [-0.39, 0.29) is 0 Å². The molecule has 0 heterocycles. The van der Waals surface area contributed by atoms with E-state index in [0.29, 0.717) is 5.92 Å². The van der Waals surface area contributed by atoms with Crippen LogP contribution < -0.4 is 5.32 Å². The number of rotatable bonds is 3. The van der Waals surface area contributed by atoms with Crippen LogP contribution in [0.5, 0.6) is 0 Å². The summed E-state index contributed by atoms with van der Waals surface area (Å²) in [7, 11) is 2.00. The van der Waals surface area contributed by atoms with Crippen molar-refractivity contribution in [1.82, 2.24) is 5.32 Å². The molecule has 76 valence electrons. The number of hydrogen-bond donors (Lipinski definition) is 1. The normalized spacial score (nSPS) is 25.1. The third-order valence-electron chi connectivity index (χ3n) is 2.75. The molecular weight excluding hydrogens is 261 g/mol. The molecule has 2 atom stereocenters. The molecule has 3 heteroatoms. The minimum Gasteiger partial charge on any atom is -0.319 e. The van der Waals surface area contributed by atoms with Gasteiger partial charge in [0.1, 0.15) is 0 Å². The third-order valence-corrected chi connectivity index (χ3v) is 3.57. The van der Waals surface area contributed by atoms with Crippen molar-refractivity contribution in [2.24, 2.45) is 5.92 Å². The van der Waals surface area contributed by atoms with Crippen molar-refractivity contribution in [2.75, 3.05) is 13.6 Å². The monoisotopic (exact) mass is 273 g/mol. The first-order valence-corrected chi connectivity index (χ1v) is 5.99. The number of hydrogen-bond acceptors (Lipinski definition) is 1. The zero-order chi connectivity index (χ0) is 10.1. The van der Waals surface area contributed by atoms with Gasteiger partial charge in [0.2, 0.25) is 0 Å². The van der Waals surface area contributed by atoms with E-state index in [0.717, 1.165) is 22.0 Å². The lowest BCUT2D eigenvalue weighted by molar-refractivity contribution is 0.698. The van der Waals surface area contributed by atoms with E-state index in [2.05, 4.69) is 33.4 Å². The Morgan fingerprint density at radius 1 is 1.57 bits per heavy atom. The molecule has 0 aromatic heterocycles. The molecular formula is C11H13BrClN. The summed E-state index contributed by atoms with van der Waals surface area (Å²) in [6.45, 7) is 1.09. The van der Waals surface area contributed by atoms with Crippen LogP contribution in [0, 0.1) is 5.92 Å². The summed E-state index contributed by atoms with van der Waals surface area (Å²) in [5.41, 5.74) is 1.30. The molecule has 1 nitrogen and oxygen atoms in total. The fraction of sp³-hybridized carbons (Fsp3) is 0.455. The largest absolute Gasteiger partial charge is 0.319 e. The van der Waals surface area contributed by atoms with Crippen molar-refractivity contribution in [3.63, 3.8) is 0 Å². The van der Waals surface area contributed by atoms with Crippen LogP contribution in [-0.2, 0) is 0 Å². The molecule has 1 aromatic carbocycles. The average Bonchev–Trinajstić information content (AvgIpc) is 2.84. The maximum Gasteiger partial charge on any atom is 0.0452 e. The Balaban J connectivity index is 2.11. The average molecular weight is 275 g/mol. The second kappa shape index (κ2) is 4.21. The number of nitrogens with one attached hydrogen (secondary N) is 1. The molecule has 0 radical (unpaired) electrons. The van der Waals surface area contributed by atoms with E-state index in [4.69, 9.17) is 11.6 Å². The smallest absolute Gasteiger partial charge is 0.0452 e. The van der Waals surface area contributed by atoms with Crippen LogP contribution in [0.1, 0.15) is 17.9 Å². The van der Waals surface area contributed by atoms with E-state index < -0.39 is 0 Å². The summed E-state index contributed by atoms with van der Waals surface area (Å²) >= 11 is 9.59. The highest BCUT2D eigenvalue weighted by molar-refractivity contribution is 9.10. The molecule has 2 rings (SSSR count). The van der Waals surface area contributed by atoms with E-state index in [1.54, 1.807) is 0 Å². The molecule has 0 saturated heterocycles. The summed E-state index contributed by atoms with van der Waals surface area (Å²) in [5, 5.41) is 4.10. The second-order valence-electron chi connectivity index (χ2n) is 3.83. The quantitative estimate of drug-likeness (QED) is 0.890. The molecule has 0 bridgehead atoms. The lowest BCUT2D eigenvalue weighted by Crippen LogP contribution is -2.10. The maximum absolute atomic E-state index is 6.18. The summed E-state index contributed by atoms with van der Waals surface area (Å²) in [6.07, 6.45) is 1.27. The van der Waals surface area contributed by atoms with Crippen LogP contribution in [0.25, 0.3) is 0 Å². The van der Waals surface area contributed by atoms with Crippen molar-refractivity contribution in [1.29, 1.82) is 0 Å². The molecule has 0 aliphatic heterocycles. The molecule has 1 saturated carbocycles. The standard InChI is InChI=1S/C11H13BrClN/c1-14-6-7-4-10(7)9-3-2-8(12)5-11(9)13/h2-3,5,7,10,14H,4,6H2,1H3. The minimum absolute atomic E-state index is 0.669. The minimum atomic E-state index is 0.669. The van der Waals surface area contributed by atoms with Gasteiger partial charge in [0.05, 0.1) is 0 Å². The van der Waals surface area contributed by atoms with Crippen molar-refractivity contribution >= 4 is 27.5 Å². The lowest BCUT2D eigenvalue weighted by Gasteiger charge is -2.03. The van der Waals surface area contributed by atoms with Gasteiger partial charge in [-0.15, -0.1) is 0 Å². The van der Waals surface area contributed by atoms with Crippen LogP contribution in [0.4, 0.5) is 0 Å². The molecule has 1 aliphatic rings. The first-order chi connectivity index (χ1) is 6.72. The molecule has 2 unspecified atom stereocenters. The van der Waals surface area contributed by atoms with Crippen LogP contribution in [-0.4, -0.2) is 13.6 Å². The molecule has 0 amide bonds. The first kappa shape index (κ1) is 10.5. The van der Waals surface area contributed by atoms with Crippen LogP contribution in [0.15, 0.2) is 22.7 Å². The van der Waals surface area contributed by atoms with E-state index in [1.165, 1.54) is 12.0 Å². The fourth-order valence-corrected chi connectivity index (χ4v) is 2.73. The third kappa shape index (κ3) is 2.13. The lowest BCUT2D eigenvalue weighted by atomic mass is 10.1. The van der Waals surface area contributed by atoms with Gasteiger partial charge in [-0.1, -0.05) is 33.6 Å². The zero-order valence-corrected chi connectivity index (χ0v) is 10.4. The number of halogens is 2. The second-order valence-corrected chi connectivity index (χ2v) is 5.15. The fourth-order valence-electron chi connectivity index (χ4n) is 1.92. The van der Waals surface area contributed by atoms with Gasteiger partial charge in [0, 0.05) is 9.50 Å². The Morgan fingerprint density at radius 2 is 2.36 bits per heavy atom. The van der Waals surface area contributed by atoms with Gasteiger partial charge in [-0.3, -0.25) is 0 Å². The Hall–Kier alpha value is -0.0500. The highest BCUT2D eigenvalue weighted by atomic mass is 79.9. The summed E-state index contributed by atoms with van der Waals surface area (Å²) in [5.74, 6) is 1.45. The molecule has 1 N–H and O–H groups in total. The van der Waals surface area contributed by atoms with Crippen LogP contribution in [0.2, 0.25) is 5.02 Å². The Kier molecular flexibility index (Phi) is 3.15. The highest BCUT2D eigenvalue weighted by Gasteiger charge is 2.38. The van der Waals surface area contributed by atoms with Gasteiger partial charge in [0.25, 0.3) is 0 Å². The van der Waals surface area contributed by atoms with Crippen molar-refractivity contribution in [3.8, 4) is 0 Å². The first-order valence-electron chi connectivity index (χ1n) is 4.82. The summed E-state index contributed by atoms with van der Waals surface area (Å²) in [6, 6.07) is 6.17. The van der Waals surface area contributed by atoms with Gasteiger partial charge in [-0.2, -0.15) is 0 Å². The zero-order valence-electron chi connectivity index (χ0n) is 8.06. The Labute approximate surface area is 98.0 Å².